The van der Waals surface area contributed by atoms with Crippen LogP contribution in [-0.2, 0) is 0 Å². The standard InChI is InChI=1S/C17H26BrNO/c1-4-6-12(3)16-11-15(19-9-5-2)14-8-7-13(18)10-17(14)20-16/h7-8,10,12,15-16,19H,4-6,9,11H2,1-3H3. The van der Waals surface area contributed by atoms with Crippen molar-refractivity contribution in [1.82, 2.24) is 5.32 Å². The Kier molecular flexibility index (Phi) is 5.91. The first-order valence-corrected chi connectivity index (χ1v) is 8.64. The lowest BCUT2D eigenvalue weighted by Crippen LogP contribution is -2.36. The van der Waals surface area contributed by atoms with Crippen molar-refractivity contribution in [3.8, 4) is 5.75 Å². The SMILES string of the molecule is CCCNC1CC(C(C)CCC)Oc2cc(Br)ccc21. The van der Waals surface area contributed by atoms with E-state index in [9.17, 15) is 0 Å². The summed E-state index contributed by atoms with van der Waals surface area (Å²) in [5.74, 6) is 1.66. The van der Waals surface area contributed by atoms with Crippen LogP contribution in [0.25, 0.3) is 0 Å². The third-order valence-electron chi connectivity index (χ3n) is 4.12. The van der Waals surface area contributed by atoms with Crippen molar-refractivity contribution < 1.29 is 4.74 Å². The summed E-state index contributed by atoms with van der Waals surface area (Å²) in [5, 5.41) is 3.68. The molecule has 0 amide bonds. The molecule has 112 valence electrons. The molecular weight excluding hydrogens is 314 g/mol. The predicted molar refractivity (Wildman–Crippen MR) is 88.3 cm³/mol. The second kappa shape index (κ2) is 7.46. The van der Waals surface area contributed by atoms with Crippen molar-refractivity contribution in [3.05, 3.63) is 28.2 Å². The maximum Gasteiger partial charge on any atom is 0.125 e. The fourth-order valence-electron chi connectivity index (χ4n) is 2.97. The van der Waals surface area contributed by atoms with E-state index in [1.807, 2.05) is 0 Å². The molecule has 2 rings (SSSR count). The summed E-state index contributed by atoms with van der Waals surface area (Å²) >= 11 is 3.55. The zero-order chi connectivity index (χ0) is 14.5. The van der Waals surface area contributed by atoms with E-state index in [1.165, 1.54) is 24.8 Å². The van der Waals surface area contributed by atoms with Crippen LogP contribution >= 0.6 is 15.9 Å². The summed E-state index contributed by atoms with van der Waals surface area (Å²) in [6.07, 6.45) is 5.02. The number of hydrogen-bond acceptors (Lipinski definition) is 2. The van der Waals surface area contributed by atoms with Gasteiger partial charge in [0.25, 0.3) is 0 Å². The first kappa shape index (κ1) is 15.8. The van der Waals surface area contributed by atoms with Crippen LogP contribution in [0.4, 0.5) is 0 Å². The molecule has 0 aliphatic carbocycles. The quantitative estimate of drug-likeness (QED) is 0.780. The number of hydrogen-bond donors (Lipinski definition) is 1. The zero-order valence-electron chi connectivity index (χ0n) is 12.8. The van der Waals surface area contributed by atoms with Gasteiger partial charge in [0.2, 0.25) is 0 Å². The Morgan fingerprint density at radius 1 is 1.35 bits per heavy atom. The van der Waals surface area contributed by atoms with E-state index in [-0.39, 0.29) is 0 Å². The van der Waals surface area contributed by atoms with E-state index >= 15 is 0 Å². The van der Waals surface area contributed by atoms with E-state index in [2.05, 4.69) is 60.2 Å². The van der Waals surface area contributed by atoms with Crippen molar-refractivity contribution in [1.29, 1.82) is 0 Å². The monoisotopic (exact) mass is 339 g/mol. The van der Waals surface area contributed by atoms with E-state index in [4.69, 9.17) is 4.74 Å². The van der Waals surface area contributed by atoms with Crippen LogP contribution in [0.3, 0.4) is 0 Å². The maximum absolute atomic E-state index is 6.27. The highest BCUT2D eigenvalue weighted by Gasteiger charge is 2.30. The van der Waals surface area contributed by atoms with Crippen molar-refractivity contribution >= 4 is 15.9 Å². The van der Waals surface area contributed by atoms with Gasteiger partial charge in [-0.3, -0.25) is 0 Å². The van der Waals surface area contributed by atoms with Gasteiger partial charge in [-0.2, -0.15) is 0 Å². The maximum atomic E-state index is 6.27. The molecule has 3 unspecified atom stereocenters. The molecule has 2 nitrogen and oxygen atoms in total. The molecule has 0 saturated carbocycles. The average Bonchev–Trinajstić information content (AvgIpc) is 2.44. The molecule has 0 radical (unpaired) electrons. The average molecular weight is 340 g/mol. The molecule has 3 heteroatoms. The van der Waals surface area contributed by atoms with E-state index in [1.54, 1.807) is 0 Å². The third-order valence-corrected chi connectivity index (χ3v) is 4.61. The Balaban J connectivity index is 2.20. The van der Waals surface area contributed by atoms with Crippen LogP contribution in [0.1, 0.15) is 58.1 Å². The molecule has 1 aliphatic heterocycles. The molecule has 20 heavy (non-hydrogen) atoms. The van der Waals surface area contributed by atoms with Crippen LogP contribution in [0, 0.1) is 5.92 Å². The number of ether oxygens (including phenoxy) is 1. The van der Waals surface area contributed by atoms with Crippen LogP contribution in [-0.4, -0.2) is 12.6 Å². The van der Waals surface area contributed by atoms with Crippen LogP contribution in [0.2, 0.25) is 0 Å². The lowest BCUT2D eigenvalue weighted by atomic mass is 9.88. The molecule has 1 heterocycles. The molecular formula is C17H26BrNO. The minimum Gasteiger partial charge on any atom is -0.490 e. The highest BCUT2D eigenvalue weighted by atomic mass is 79.9. The van der Waals surface area contributed by atoms with Gasteiger partial charge in [0.05, 0.1) is 0 Å². The molecule has 0 bridgehead atoms. The largest absolute Gasteiger partial charge is 0.490 e. The molecule has 0 aromatic heterocycles. The molecule has 1 N–H and O–H groups in total. The highest BCUT2D eigenvalue weighted by Crippen LogP contribution is 2.39. The van der Waals surface area contributed by atoms with Crippen molar-refractivity contribution in [3.63, 3.8) is 0 Å². The van der Waals surface area contributed by atoms with Crippen LogP contribution in [0.15, 0.2) is 22.7 Å². The number of nitrogens with one attached hydrogen (secondary N) is 1. The molecule has 1 aliphatic rings. The summed E-state index contributed by atoms with van der Waals surface area (Å²) < 4.78 is 7.36. The van der Waals surface area contributed by atoms with Crippen LogP contribution in [0.5, 0.6) is 5.75 Å². The van der Waals surface area contributed by atoms with E-state index in [0.717, 1.165) is 23.2 Å². The Morgan fingerprint density at radius 3 is 2.85 bits per heavy atom. The predicted octanol–water partition coefficient (Wildman–Crippen LogP) is 5.08. The Hall–Kier alpha value is -0.540. The second-order valence-corrected chi connectivity index (χ2v) is 6.76. The number of fused-ring (bicyclic) bond motifs is 1. The molecule has 3 atom stereocenters. The fourth-order valence-corrected chi connectivity index (χ4v) is 3.31. The van der Waals surface area contributed by atoms with Gasteiger partial charge in [-0.15, -0.1) is 0 Å². The normalized spacial score (nSPS) is 23.0. The van der Waals surface area contributed by atoms with Gasteiger partial charge in [0.15, 0.2) is 0 Å². The smallest absolute Gasteiger partial charge is 0.125 e. The van der Waals surface area contributed by atoms with Crippen LogP contribution < -0.4 is 10.1 Å². The zero-order valence-corrected chi connectivity index (χ0v) is 14.4. The van der Waals surface area contributed by atoms with Gasteiger partial charge in [0, 0.05) is 22.5 Å². The van der Waals surface area contributed by atoms with Gasteiger partial charge in [0.1, 0.15) is 11.9 Å². The molecule has 0 spiro atoms. The Morgan fingerprint density at radius 2 is 2.15 bits per heavy atom. The summed E-state index contributed by atoms with van der Waals surface area (Å²) in [6.45, 7) is 7.84. The Bertz CT molecular complexity index is 435. The summed E-state index contributed by atoms with van der Waals surface area (Å²) in [5.41, 5.74) is 1.31. The molecule has 1 aromatic rings. The first-order chi connectivity index (χ1) is 9.65. The fraction of sp³-hybridized carbons (Fsp3) is 0.647. The number of halogens is 1. The van der Waals surface area contributed by atoms with Crippen molar-refractivity contribution in [2.24, 2.45) is 5.92 Å². The summed E-state index contributed by atoms with van der Waals surface area (Å²) in [7, 11) is 0. The minimum absolute atomic E-state index is 0.325. The van der Waals surface area contributed by atoms with Gasteiger partial charge in [-0.05, 0) is 37.4 Å². The van der Waals surface area contributed by atoms with Crippen molar-refractivity contribution in [2.45, 2.75) is 58.6 Å². The molecule has 1 aromatic carbocycles. The first-order valence-electron chi connectivity index (χ1n) is 7.85. The topological polar surface area (TPSA) is 21.3 Å². The number of benzene rings is 1. The third kappa shape index (κ3) is 3.76. The van der Waals surface area contributed by atoms with E-state index in [0.29, 0.717) is 18.1 Å². The molecule has 0 fully saturated rings. The summed E-state index contributed by atoms with van der Waals surface area (Å²) in [6, 6.07) is 6.84. The summed E-state index contributed by atoms with van der Waals surface area (Å²) in [4.78, 5) is 0. The Labute approximate surface area is 131 Å². The van der Waals surface area contributed by atoms with Gasteiger partial charge >= 0.3 is 0 Å². The van der Waals surface area contributed by atoms with Gasteiger partial charge in [-0.1, -0.05) is 49.2 Å². The lowest BCUT2D eigenvalue weighted by Gasteiger charge is -2.36. The minimum atomic E-state index is 0.325. The van der Waals surface area contributed by atoms with Crippen molar-refractivity contribution in [2.75, 3.05) is 6.54 Å². The van der Waals surface area contributed by atoms with Gasteiger partial charge < -0.3 is 10.1 Å². The molecule has 0 saturated heterocycles. The second-order valence-electron chi connectivity index (χ2n) is 5.85. The van der Waals surface area contributed by atoms with E-state index < -0.39 is 0 Å². The highest BCUT2D eigenvalue weighted by molar-refractivity contribution is 9.10. The van der Waals surface area contributed by atoms with Gasteiger partial charge in [-0.25, -0.2) is 0 Å². The lowest BCUT2D eigenvalue weighted by molar-refractivity contribution is 0.0953. The number of rotatable bonds is 6.